The Bertz CT molecular complexity index is 502. The summed E-state index contributed by atoms with van der Waals surface area (Å²) in [5.74, 6) is -0.855. The van der Waals surface area contributed by atoms with E-state index in [0.717, 1.165) is 18.4 Å². The number of benzene rings is 1. The van der Waals surface area contributed by atoms with E-state index in [2.05, 4.69) is 11.9 Å². The number of phenolic OH excluding ortho intramolecular Hbond substituents is 1. The van der Waals surface area contributed by atoms with Crippen LogP contribution < -0.4 is 0 Å². The maximum absolute atomic E-state index is 11.6. The lowest BCUT2D eigenvalue weighted by Gasteiger charge is -2.41. The molecule has 4 nitrogen and oxygen atoms in total. The second-order valence-electron chi connectivity index (χ2n) is 5.77. The van der Waals surface area contributed by atoms with Crippen molar-refractivity contribution in [2.45, 2.75) is 37.3 Å². The maximum atomic E-state index is 11.6. The highest BCUT2D eigenvalue weighted by Crippen LogP contribution is 2.47. The van der Waals surface area contributed by atoms with Gasteiger partial charge in [-0.1, -0.05) is 12.1 Å². The largest absolute Gasteiger partial charge is 0.508 e. The number of nitrogens with zero attached hydrogens (tertiary/aromatic N) is 1. The summed E-state index contributed by atoms with van der Waals surface area (Å²) >= 11 is 0. The fourth-order valence-electron chi connectivity index (χ4n) is 3.91. The minimum Gasteiger partial charge on any atom is -0.508 e. The van der Waals surface area contributed by atoms with Crippen molar-refractivity contribution in [2.75, 3.05) is 7.05 Å². The van der Waals surface area contributed by atoms with Gasteiger partial charge in [-0.25, -0.2) is 0 Å². The first kappa shape index (κ1) is 12.5. The van der Waals surface area contributed by atoms with Gasteiger partial charge >= 0.3 is 5.97 Å². The summed E-state index contributed by atoms with van der Waals surface area (Å²) in [6.07, 6.45) is 2.84. The molecule has 19 heavy (non-hydrogen) atoms. The van der Waals surface area contributed by atoms with Gasteiger partial charge < -0.3 is 10.2 Å². The summed E-state index contributed by atoms with van der Waals surface area (Å²) < 4.78 is 0. The number of carbonyl (C=O) groups is 1. The van der Waals surface area contributed by atoms with Crippen LogP contribution in [-0.2, 0) is 4.79 Å². The Morgan fingerprint density at radius 2 is 2.16 bits per heavy atom. The van der Waals surface area contributed by atoms with Crippen molar-refractivity contribution in [3.8, 4) is 5.75 Å². The normalized spacial score (nSPS) is 34.4. The van der Waals surface area contributed by atoms with Gasteiger partial charge in [-0.15, -0.1) is 0 Å². The molecule has 1 aromatic carbocycles. The molecule has 2 fully saturated rings. The lowest BCUT2D eigenvalue weighted by atomic mass is 9.76. The van der Waals surface area contributed by atoms with E-state index in [1.807, 2.05) is 6.07 Å². The minimum atomic E-state index is -0.710. The number of phenols is 1. The molecule has 4 atom stereocenters. The molecule has 0 radical (unpaired) electrons. The first-order valence-electron chi connectivity index (χ1n) is 6.81. The number of fused-ring (bicyclic) bond motifs is 2. The molecule has 2 saturated heterocycles. The Morgan fingerprint density at radius 3 is 2.84 bits per heavy atom. The number of carboxylic acid groups (broad SMARTS) is 1. The van der Waals surface area contributed by atoms with Crippen LogP contribution >= 0.6 is 0 Å². The van der Waals surface area contributed by atoms with Gasteiger partial charge in [0.1, 0.15) is 5.75 Å². The first-order valence-corrected chi connectivity index (χ1v) is 6.81. The van der Waals surface area contributed by atoms with Gasteiger partial charge in [0.2, 0.25) is 0 Å². The van der Waals surface area contributed by atoms with E-state index >= 15 is 0 Å². The van der Waals surface area contributed by atoms with Crippen molar-refractivity contribution in [1.29, 1.82) is 0 Å². The summed E-state index contributed by atoms with van der Waals surface area (Å²) in [6, 6.07) is 7.76. The number of hydrogen-bond donors (Lipinski definition) is 2. The number of rotatable bonds is 2. The summed E-state index contributed by atoms with van der Waals surface area (Å²) in [7, 11) is 2.09. The molecule has 2 N–H and O–H groups in total. The monoisotopic (exact) mass is 261 g/mol. The molecule has 2 aliphatic heterocycles. The molecule has 0 aromatic heterocycles. The van der Waals surface area contributed by atoms with Crippen molar-refractivity contribution in [3.63, 3.8) is 0 Å². The Hall–Kier alpha value is -1.55. The molecule has 2 bridgehead atoms. The SMILES string of the molecule is CN1C2CCC1C(c1cccc(O)c1)C(C(=O)O)C2. The average Bonchev–Trinajstić information content (AvgIpc) is 2.62. The standard InChI is InChI=1S/C15H19NO3/c1-16-10-5-6-13(16)14(12(8-10)15(18)19)9-3-2-4-11(17)7-9/h2-4,7,10,12-14,17H,5-6,8H2,1H3,(H,18,19). The zero-order valence-corrected chi connectivity index (χ0v) is 11.0. The van der Waals surface area contributed by atoms with Gasteiger partial charge in [0.25, 0.3) is 0 Å². The fourth-order valence-corrected chi connectivity index (χ4v) is 3.91. The Balaban J connectivity index is 2.01. The molecule has 0 spiro atoms. The van der Waals surface area contributed by atoms with Crippen LogP contribution in [0.4, 0.5) is 0 Å². The van der Waals surface area contributed by atoms with Crippen molar-refractivity contribution < 1.29 is 15.0 Å². The van der Waals surface area contributed by atoms with Crippen LogP contribution in [0.5, 0.6) is 5.75 Å². The highest BCUT2D eigenvalue weighted by molar-refractivity contribution is 5.72. The van der Waals surface area contributed by atoms with Crippen molar-refractivity contribution >= 4 is 5.97 Å². The van der Waals surface area contributed by atoms with Crippen LogP contribution in [0, 0.1) is 5.92 Å². The number of aliphatic carboxylic acids is 1. The van der Waals surface area contributed by atoms with Crippen molar-refractivity contribution in [3.05, 3.63) is 29.8 Å². The molecule has 2 heterocycles. The number of aromatic hydroxyl groups is 1. The Labute approximate surface area is 112 Å². The van der Waals surface area contributed by atoms with Gasteiger partial charge in [0, 0.05) is 18.0 Å². The highest BCUT2D eigenvalue weighted by Gasteiger charge is 2.48. The second kappa shape index (κ2) is 4.53. The van der Waals surface area contributed by atoms with Gasteiger partial charge in [-0.3, -0.25) is 9.69 Å². The quantitative estimate of drug-likeness (QED) is 0.855. The molecular formula is C15H19NO3. The van der Waals surface area contributed by atoms with Crippen LogP contribution in [0.15, 0.2) is 24.3 Å². The maximum Gasteiger partial charge on any atom is 0.307 e. The molecule has 102 valence electrons. The lowest BCUT2D eigenvalue weighted by molar-refractivity contribution is -0.145. The van der Waals surface area contributed by atoms with Crippen LogP contribution in [-0.4, -0.2) is 40.2 Å². The van der Waals surface area contributed by atoms with Crippen LogP contribution in [0.1, 0.15) is 30.7 Å². The molecule has 0 amide bonds. The number of likely N-dealkylation sites (N-methyl/N-ethyl adjacent to an activating group) is 1. The number of carboxylic acids is 1. The van der Waals surface area contributed by atoms with Gasteiger partial charge in [-0.2, -0.15) is 0 Å². The third kappa shape index (κ3) is 2.00. The van der Waals surface area contributed by atoms with E-state index < -0.39 is 5.97 Å². The molecule has 4 heteroatoms. The van der Waals surface area contributed by atoms with Gasteiger partial charge in [0.05, 0.1) is 5.92 Å². The number of hydrogen-bond acceptors (Lipinski definition) is 3. The fraction of sp³-hybridized carbons (Fsp3) is 0.533. The van der Waals surface area contributed by atoms with E-state index in [-0.39, 0.29) is 23.6 Å². The smallest absolute Gasteiger partial charge is 0.307 e. The third-order valence-corrected chi connectivity index (χ3v) is 4.84. The second-order valence-corrected chi connectivity index (χ2v) is 5.77. The van der Waals surface area contributed by atoms with E-state index in [1.165, 1.54) is 0 Å². The molecule has 2 aliphatic rings. The van der Waals surface area contributed by atoms with Crippen LogP contribution in [0.25, 0.3) is 0 Å². The average molecular weight is 261 g/mol. The van der Waals surface area contributed by atoms with Crippen molar-refractivity contribution in [1.82, 2.24) is 4.90 Å². The van der Waals surface area contributed by atoms with Crippen molar-refractivity contribution in [2.24, 2.45) is 5.92 Å². The molecular weight excluding hydrogens is 242 g/mol. The van der Waals surface area contributed by atoms with Gasteiger partial charge in [-0.05, 0) is 44.0 Å². The zero-order chi connectivity index (χ0) is 13.6. The Morgan fingerprint density at radius 1 is 1.37 bits per heavy atom. The number of piperidine rings is 1. The summed E-state index contributed by atoms with van der Waals surface area (Å²) in [5, 5.41) is 19.2. The van der Waals surface area contributed by atoms with E-state index in [0.29, 0.717) is 12.5 Å². The van der Waals surface area contributed by atoms with E-state index in [4.69, 9.17) is 0 Å². The van der Waals surface area contributed by atoms with Gasteiger partial charge in [0.15, 0.2) is 0 Å². The first-order chi connectivity index (χ1) is 9.08. The summed E-state index contributed by atoms with van der Waals surface area (Å²) in [6.45, 7) is 0. The minimum absolute atomic E-state index is 0.0200. The molecule has 0 aliphatic carbocycles. The molecule has 1 aromatic rings. The Kier molecular flexibility index (Phi) is 2.97. The predicted molar refractivity (Wildman–Crippen MR) is 71.2 cm³/mol. The summed E-state index contributed by atoms with van der Waals surface area (Å²) in [5.41, 5.74) is 0.949. The highest BCUT2D eigenvalue weighted by atomic mass is 16.4. The lowest BCUT2D eigenvalue weighted by Crippen LogP contribution is -2.47. The van der Waals surface area contributed by atoms with Crippen LogP contribution in [0.3, 0.4) is 0 Å². The molecule has 0 saturated carbocycles. The van der Waals surface area contributed by atoms with E-state index in [1.54, 1.807) is 18.2 Å². The van der Waals surface area contributed by atoms with Crippen LogP contribution in [0.2, 0.25) is 0 Å². The van der Waals surface area contributed by atoms with E-state index in [9.17, 15) is 15.0 Å². The topological polar surface area (TPSA) is 60.8 Å². The predicted octanol–water partition coefficient (Wildman–Crippen LogP) is 2.04. The molecule has 4 unspecified atom stereocenters. The third-order valence-electron chi connectivity index (χ3n) is 4.84. The molecule has 3 rings (SSSR count). The summed E-state index contributed by atoms with van der Waals surface area (Å²) in [4.78, 5) is 13.9. The zero-order valence-electron chi connectivity index (χ0n) is 11.0.